The molecule has 164 valence electrons. The molecule has 0 aliphatic carbocycles. The standard InChI is InChI=1S/C25H19N3O4S/c1-14-7-3-5-9-17(14)27-23(30)22-15(2)21-24(33-22)26-13-28(25(21)31)12-18(29)20-11-16-8-4-6-10-19(16)32-20/h3-11,13H,12H2,1-2H3,(H,27,30). The molecule has 3 heterocycles. The van der Waals surface area contributed by atoms with Gasteiger partial charge < -0.3 is 9.73 Å². The maximum atomic E-state index is 13.2. The van der Waals surface area contributed by atoms with Crippen LogP contribution in [0.25, 0.3) is 21.2 Å². The maximum Gasteiger partial charge on any atom is 0.266 e. The summed E-state index contributed by atoms with van der Waals surface area (Å²) >= 11 is 1.16. The first-order chi connectivity index (χ1) is 15.9. The van der Waals surface area contributed by atoms with Crippen LogP contribution in [0.1, 0.15) is 31.4 Å². The van der Waals surface area contributed by atoms with Gasteiger partial charge in [-0.05, 0) is 43.2 Å². The first-order valence-electron chi connectivity index (χ1n) is 10.3. The van der Waals surface area contributed by atoms with Crippen LogP contribution in [-0.4, -0.2) is 21.2 Å². The van der Waals surface area contributed by atoms with Crippen molar-refractivity contribution in [1.29, 1.82) is 0 Å². The molecule has 33 heavy (non-hydrogen) atoms. The summed E-state index contributed by atoms with van der Waals surface area (Å²) in [5, 5.41) is 4.06. The molecule has 2 aromatic carbocycles. The first kappa shape index (κ1) is 20.8. The van der Waals surface area contributed by atoms with E-state index in [-0.39, 0.29) is 29.6 Å². The average Bonchev–Trinajstić information content (AvgIpc) is 3.39. The summed E-state index contributed by atoms with van der Waals surface area (Å²) in [7, 11) is 0. The second-order valence-corrected chi connectivity index (χ2v) is 8.75. The highest BCUT2D eigenvalue weighted by atomic mass is 32.1. The van der Waals surface area contributed by atoms with E-state index in [4.69, 9.17) is 4.42 Å². The number of para-hydroxylation sites is 2. The van der Waals surface area contributed by atoms with Gasteiger partial charge in [-0.3, -0.25) is 19.0 Å². The van der Waals surface area contributed by atoms with E-state index in [9.17, 15) is 14.4 Å². The number of amides is 1. The topological polar surface area (TPSA) is 94.2 Å². The van der Waals surface area contributed by atoms with Crippen molar-refractivity contribution in [2.75, 3.05) is 5.32 Å². The third-order valence-electron chi connectivity index (χ3n) is 5.53. The van der Waals surface area contributed by atoms with E-state index in [1.165, 1.54) is 10.9 Å². The predicted molar refractivity (Wildman–Crippen MR) is 128 cm³/mol. The van der Waals surface area contributed by atoms with E-state index in [1.807, 2.05) is 49.4 Å². The van der Waals surface area contributed by atoms with E-state index in [1.54, 1.807) is 19.1 Å². The fourth-order valence-corrected chi connectivity index (χ4v) is 4.77. The number of Topliss-reactive ketones (excluding diaryl/α,β-unsaturated/α-hetero) is 1. The Morgan fingerprint density at radius 1 is 1.09 bits per heavy atom. The quantitative estimate of drug-likeness (QED) is 0.377. The normalized spacial score (nSPS) is 11.2. The van der Waals surface area contributed by atoms with E-state index >= 15 is 0 Å². The Morgan fingerprint density at radius 3 is 2.64 bits per heavy atom. The molecule has 5 rings (SSSR count). The lowest BCUT2D eigenvalue weighted by Gasteiger charge is -2.07. The lowest BCUT2D eigenvalue weighted by Crippen LogP contribution is -2.24. The van der Waals surface area contributed by atoms with E-state index in [2.05, 4.69) is 10.3 Å². The minimum absolute atomic E-state index is 0.184. The van der Waals surface area contributed by atoms with Crippen molar-refractivity contribution in [2.45, 2.75) is 20.4 Å². The number of carbonyl (C=O) groups excluding carboxylic acids is 2. The molecular formula is C25H19N3O4S. The number of thiophene rings is 1. The molecule has 0 spiro atoms. The van der Waals surface area contributed by atoms with Crippen LogP contribution in [0.15, 0.2) is 70.1 Å². The number of carbonyl (C=O) groups is 2. The number of fused-ring (bicyclic) bond motifs is 2. The highest BCUT2D eigenvalue weighted by Gasteiger charge is 2.21. The molecule has 3 aromatic heterocycles. The lowest BCUT2D eigenvalue weighted by atomic mass is 10.1. The molecule has 0 atom stereocenters. The summed E-state index contributed by atoms with van der Waals surface area (Å²) in [6.07, 6.45) is 1.34. The number of nitrogens with zero attached hydrogens (tertiary/aromatic N) is 2. The molecule has 5 aromatic rings. The number of rotatable bonds is 5. The van der Waals surface area contributed by atoms with Gasteiger partial charge in [0.1, 0.15) is 10.4 Å². The van der Waals surface area contributed by atoms with Gasteiger partial charge in [-0.25, -0.2) is 4.98 Å². The van der Waals surface area contributed by atoms with Gasteiger partial charge in [0.05, 0.1) is 23.1 Å². The van der Waals surface area contributed by atoms with E-state index in [0.29, 0.717) is 31.9 Å². The first-order valence-corrected chi connectivity index (χ1v) is 11.1. The fourth-order valence-electron chi connectivity index (χ4n) is 3.73. The number of hydrogen-bond donors (Lipinski definition) is 1. The van der Waals surface area contributed by atoms with Crippen molar-refractivity contribution in [1.82, 2.24) is 9.55 Å². The minimum Gasteiger partial charge on any atom is -0.453 e. The van der Waals surface area contributed by atoms with Gasteiger partial charge in [0.15, 0.2) is 5.76 Å². The second kappa shape index (κ2) is 8.14. The van der Waals surface area contributed by atoms with Crippen molar-refractivity contribution >= 4 is 49.9 Å². The Kier molecular flexibility index (Phi) is 5.14. The molecule has 0 unspecified atom stereocenters. The lowest BCUT2D eigenvalue weighted by molar-refractivity contribution is 0.0945. The number of benzene rings is 2. The van der Waals surface area contributed by atoms with Gasteiger partial charge >= 0.3 is 0 Å². The van der Waals surface area contributed by atoms with Gasteiger partial charge in [-0.15, -0.1) is 11.3 Å². The van der Waals surface area contributed by atoms with Crippen molar-refractivity contribution in [3.8, 4) is 0 Å². The smallest absolute Gasteiger partial charge is 0.266 e. The number of furan rings is 1. The molecule has 0 aliphatic rings. The third kappa shape index (κ3) is 3.74. The number of aryl methyl sites for hydroxylation is 2. The van der Waals surface area contributed by atoms with Crippen LogP contribution in [0.5, 0.6) is 0 Å². The molecule has 0 radical (unpaired) electrons. The number of nitrogens with one attached hydrogen (secondary N) is 1. The summed E-state index contributed by atoms with van der Waals surface area (Å²) < 4.78 is 6.87. The van der Waals surface area contributed by atoms with Crippen LogP contribution < -0.4 is 10.9 Å². The van der Waals surface area contributed by atoms with E-state index < -0.39 is 0 Å². The molecule has 0 bridgehead atoms. The maximum absolute atomic E-state index is 13.2. The van der Waals surface area contributed by atoms with Crippen molar-refractivity contribution in [3.05, 3.63) is 93.0 Å². The Balaban J connectivity index is 1.46. The number of aromatic nitrogens is 2. The molecule has 7 nitrogen and oxygen atoms in total. The highest BCUT2D eigenvalue weighted by molar-refractivity contribution is 7.20. The van der Waals surface area contributed by atoms with Crippen LogP contribution >= 0.6 is 11.3 Å². The predicted octanol–water partition coefficient (Wildman–Crippen LogP) is 4.96. The summed E-state index contributed by atoms with van der Waals surface area (Å²) in [6, 6.07) is 16.5. The zero-order valence-electron chi connectivity index (χ0n) is 17.9. The largest absolute Gasteiger partial charge is 0.453 e. The van der Waals surface area contributed by atoms with Crippen LogP contribution in [0.3, 0.4) is 0 Å². The fraction of sp³-hybridized carbons (Fsp3) is 0.120. The second-order valence-electron chi connectivity index (χ2n) is 7.75. The van der Waals surface area contributed by atoms with Gasteiger partial charge in [-0.1, -0.05) is 36.4 Å². The summed E-state index contributed by atoms with van der Waals surface area (Å²) in [6.45, 7) is 3.42. The Bertz CT molecular complexity index is 1580. The SMILES string of the molecule is Cc1ccccc1NC(=O)c1sc2ncn(CC(=O)c3cc4ccccc4o3)c(=O)c2c1C. The molecule has 0 saturated carbocycles. The van der Waals surface area contributed by atoms with Crippen LogP contribution in [-0.2, 0) is 6.54 Å². The Labute approximate surface area is 192 Å². The minimum atomic E-state index is -0.367. The molecule has 0 fully saturated rings. The highest BCUT2D eigenvalue weighted by Crippen LogP contribution is 2.28. The Morgan fingerprint density at radius 2 is 1.85 bits per heavy atom. The summed E-state index contributed by atoms with van der Waals surface area (Å²) in [5.74, 6) is -0.447. The van der Waals surface area contributed by atoms with Gasteiger partial charge in [0, 0.05) is 11.1 Å². The number of hydrogen-bond acceptors (Lipinski definition) is 6. The Hall–Kier alpha value is -4.04. The molecule has 0 aliphatic heterocycles. The number of anilines is 1. The zero-order valence-corrected chi connectivity index (χ0v) is 18.7. The zero-order chi connectivity index (χ0) is 23.1. The van der Waals surface area contributed by atoms with Crippen molar-refractivity contribution in [3.63, 3.8) is 0 Å². The van der Waals surface area contributed by atoms with E-state index in [0.717, 1.165) is 22.3 Å². The molecular weight excluding hydrogens is 438 g/mol. The van der Waals surface area contributed by atoms with Crippen LogP contribution in [0, 0.1) is 13.8 Å². The summed E-state index contributed by atoms with van der Waals surface area (Å²) in [5.41, 5.74) is 2.44. The summed E-state index contributed by atoms with van der Waals surface area (Å²) in [4.78, 5) is 44.0. The van der Waals surface area contributed by atoms with Gasteiger partial charge in [0.2, 0.25) is 5.78 Å². The third-order valence-corrected chi connectivity index (χ3v) is 6.73. The average molecular weight is 458 g/mol. The van der Waals surface area contributed by atoms with Gasteiger partial charge in [0.25, 0.3) is 11.5 Å². The van der Waals surface area contributed by atoms with Crippen LogP contribution in [0.4, 0.5) is 5.69 Å². The monoisotopic (exact) mass is 457 g/mol. The molecule has 0 saturated heterocycles. The van der Waals surface area contributed by atoms with Crippen LogP contribution in [0.2, 0.25) is 0 Å². The molecule has 1 amide bonds. The van der Waals surface area contributed by atoms with Crippen molar-refractivity contribution in [2.24, 2.45) is 0 Å². The van der Waals surface area contributed by atoms with Gasteiger partial charge in [-0.2, -0.15) is 0 Å². The van der Waals surface area contributed by atoms with Crippen molar-refractivity contribution < 1.29 is 14.0 Å². The molecule has 8 heteroatoms. The number of ketones is 1. The molecule has 1 N–H and O–H groups in total.